The second-order valence-electron chi connectivity index (χ2n) is 5.63. The van der Waals surface area contributed by atoms with Gasteiger partial charge in [0.1, 0.15) is 9.84 Å². The van der Waals surface area contributed by atoms with Crippen molar-refractivity contribution in [2.24, 2.45) is 0 Å². The Labute approximate surface area is 138 Å². The average molecular weight is 358 g/mol. The molecule has 1 aliphatic heterocycles. The highest BCUT2D eigenvalue weighted by molar-refractivity contribution is 7.92. The smallest absolute Gasteiger partial charge is 0.236 e. The zero-order chi connectivity index (χ0) is 16.9. The molecule has 1 aromatic rings. The first-order valence-corrected chi connectivity index (χ1v) is 11.0. The lowest BCUT2D eigenvalue weighted by molar-refractivity contribution is 0.198. The summed E-state index contributed by atoms with van der Waals surface area (Å²) in [5.41, 5.74) is 0.836. The van der Waals surface area contributed by atoms with Crippen LogP contribution in [0.25, 0.3) is 6.08 Å². The summed E-state index contributed by atoms with van der Waals surface area (Å²) in [4.78, 5) is 1.98. The van der Waals surface area contributed by atoms with Gasteiger partial charge in [0.25, 0.3) is 0 Å². The number of rotatable bonds is 6. The molecule has 6 nitrogen and oxygen atoms in total. The van der Waals surface area contributed by atoms with Gasteiger partial charge in [0.05, 0.1) is 5.75 Å². The molecule has 0 unspecified atom stereocenters. The van der Waals surface area contributed by atoms with E-state index in [1.807, 2.05) is 35.2 Å². The standard InChI is InChI=1S/C15H22N2O4S2/c1-22(18,19)14-12-16-8-10-17(11-9-16)23(20,21)13-7-15-5-3-2-4-6-15/h2-7,13H,8-12,14H2,1H3/b13-7+. The fraction of sp³-hybridized carbons (Fsp3) is 0.467. The third kappa shape index (κ3) is 6.06. The lowest BCUT2D eigenvalue weighted by Gasteiger charge is -2.33. The second kappa shape index (κ2) is 7.57. The fourth-order valence-corrected chi connectivity index (χ4v) is 4.08. The molecule has 2 rings (SSSR count). The third-order valence-corrected chi connectivity index (χ3v) is 6.19. The maximum atomic E-state index is 12.3. The topological polar surface area (TPSA) is 74.8 Å². The fourth-order valence-electron chi connectivity index (χ4n) is 2.32. The van der Waals surface area contributed by atoms with Crippen molar-refractivity contribution in [1.82, 2.24) is 9.21 Å². The lowest BCUT2D eigenvalue weighted by atomic mass is 10.2. The van der Waals surface area contributed by atoms with E-state index in [2.05, 4.69) is 0 Å². The van der Waals surface area contributed by atoms with Gasteiger partial charge in [-0.1, -0.05) is 30.3 Å². The quantitative estimate of drug-likeness (QED) is 0.746. The summed E-state index contributed by atoms with van der Waals surface area (Å²) in [5.74, 6) is 0.105. The highest BCUT2D eigenvalue weighted by Crippen LogP contribution is 2.11. The molecule has 0 aromatic heterocycles. The van der Waals surface area contributed by atoms with Gasteiger partial charge >= 0.3 is 0 Å². The van der Waals surface area contributed by atoms with Gasteiger partial charge in [0.2, 0.25) is 10.0 Å². The lowest BCUT2D eigenvalue weighted by Crippen LogP contribution is -2.49. The van der Waals surface area contributed by atoms with Crippen LogP contribution in [0.15, 0.2) is 35.7 Å². The Morgan fingerprint density at radius 2 is 1.61 bits per heavy atom. The summed E-state index contributed by atoms with van der Waals surface area (Å²) in [6.07, 6.45) is 2.80. The zero-order valence-electron chi connectivity index (χ0n) is 13.1. The van der Waals surface area contributed by atoms with Gasteiger partial charge in [0.15, 0.2) is 0 Å². The summed E-state index contributed by atoms with van der Waals surface area (Å²) in [7, 11) is -6.43. The first kappa shape index (κ1) is 18.1. The number of benzene rings is 1. The molecule has 1 saturated heterocycles. The van der Waals surface area contributed by atoms with Crippen LogP contribution in [0.1, 0.15) is 5.56 Å². The molecule has 8 heteroatoms. The van der Waals surface area contributed by atoms with E-state index in [1.54, 1.807) is 6.08 Å². The highest BCUT2D eigenvalue weighted by Gasteiger charge is 2.25. The molecule has 0 atom stereocenters. The van der Waals surface area contributed by atoms with Crippen LogP contribution in [-0.4, -0.2) is 70.8 Å². The van der Waals surface area contributed by atoms with Gasteiger partial charge < -0.3 is 0 Å². The first-order valence-electron chi connectivity index (χ1n) is 7.40. The normalized spacial score (nSPS) is 18.5. The minimum absolute atomic E-state index is 0.105. The monoisotopic (exact) mass is 358 g/mol. The number of hydrogen-bond acceptors (Lipinski definition) is 5. The van der Waals surface area contributed by atoms with E-state index < -0.39 is 19.9 Å². The maximum Gasteiger partial charge on any atom is 0.236 e. The van der Waals surface area contributed by atoms with Crippen molar-refractivity contribution in [3.05, 3.63) is 41.3 Å². The van der Waals surface area contributed by atoms with Gasteiger partial charge in [-0.3, -0.25) is 4.90 Å². The van der Waals surface area contributed by atoms with Crippen molar-refractivity contribution in [3.8, 4) is 0 Å². The summed E-state index contributed by atoms with van der Waals surface area (Å²) >= 11 is 0. The Morgan fingerprint density at radius 3 is 2.17 bits per heavy atom. The number of sulfonamides is 1. The molecule has 1 aliphatic rings. The van der Waals surface area contributed by atoms with Crippen molar-refractivity contribution in [1.29, 1.82) is 0 Å². The second-order valence-corrected chi connectivity index (χ2v) is 9.71. The van der Waals surface area contributed by atoms with Crippen molar-refractivity contribution in [2.45, 2.75) is 0 Å². The zero-order valence-corrected chi connectivity index (χ0v) is 14.8. The van der Waals surface area contributed by atoms with Crippen LogP contribution < -0.4 is 0 Å². The van der Waals surface area contributed by atoms with Crippen molar-refractivity contribution in [3.63, 3.8) is 0 Å². The maximum absolute atomic E-state index is 12.3. The number of nitrogens with zero attached hydrogens (tertiary/aromatic N) is 2. The van der Waals surface area contributed by atoms with E-state index in [4.69, 9.17) is 0 Å². The Balaban J connectivity index is 1.90. The molecule has 128 valence electrons. The number of hydrogen-bond donors (Lipinski definition) is 0. The summed E-state index contributed by atoms with van der Waals surface area (Å²) in [5, 5.41) is 1.23. The highest BCUT2D eigenvalue weighted by atomic mass is 32.2. The molecule has 0 N–H and O–H groups in total. The number of piperazine rings is 1. The van der Waals surface area contributed by atoms with Crippen molar-refractivity contribution < 1.29 is 16.8 Å². The Bertz CT molecular complexity index is 735. The Kier molecular flexibility index (Phi) is 5.96. The van der Waals surface area contributed by atoms with Crippen molar-refractivity contribution in [2.75, 3.05) is 44.7 Å². The van der Waals surface area contributed by atoms with E-state index in [0.717, 1.165) is 5.56 Å². The number of sulfone groups is 1. The average Bonchev–Trinajstić information content (AvgIpc) is 2.52. The molecular weight excluding hydrogens is 336 g/mol. The molecule has 0 radical (unpaired) electrons. The van der Waals surface area contributed by atoms with Crippen LogP contribution in [0.2, 0.25) is 0 Å². The Hall–Kier alpha value is -1.22. The van der Waals surface area contributed by atoms with Gasteiger partial charge in [-0.25, -0.2) is 16.8 Å². The molecule has 23 heavy (non-hydrogen) atoms. The van der Waals surface area contributed by atoms with Crippen LogP contribution in [0.4, 0.5) is 0 Å². The van der Waals surface area contributed by atoms with E-state index >= 15 is 0 Å². The van der Waals surface area contributed by atoms with E-state index in [-0.39, 0.29) is 5.75 Å². The van der Waals surface area contributed by atoms with Crippen LogP contribution in [-0.2, 0) is 19.9 Å². The van der Waals surface area contributed by atoms with Crippen LogP contribution in [0.5, 0.6) is 0 Å². The first-order chi connectivity index (χ1) is 10.8. The molecule has 1 fully saturated rings. The third-order valence-electron chi connectivity index (χ3n) is 3.70. The largest absolute Gasteiger partial charge is 0.300 e. The van der Waals surface area contributed by atoms with Gasteiger partial charge in [-0.05, 0) is 11.6 Å². The van der Waals surface area contributed by atoms with Crippen LogP contribution in [0, 0.1) is 0 Å². The van der Waals surface area contributed by atoms with Crippen molar-refractivity contribution >= 4 is 25.9 Å². The molecule has 1 aromatic carbocycles. The molecule has 0 bridgehead atoms. The van der Waals surface area contributed by atoms with E-state index in [9.17, 15) is 16.8 Å². The summed E-state index contributed by atoms with van der Waals surface area (Å²) in [6, 6.07) is 9.27. The Morgan fingerprint density at radius 1 is 1.00 bits per heavy atom. The van der Waals surface area contributed by atoms with E-state index in [0.29, 0.717) is 32.7 Å². The van der Waals surface area contributed by atoms with Crippen LogP contribution >= 0.6 is 0 Å². The summed E-state index contributed by atoms with van der Waals surface area (Å²) < 4.78 is 48.4. The summed E-state index contributed by atoms with van der Waals surface area (Å²) in [6.45, 7) is 2.31. The molecule has 0 amide bonds. The van der Waals surface area contributed by atoms with E-state index in [1.165, 1.54) is 16.0 Å². The van der Waals surface area contributed by atoms with Crippen LogP contribution in [0.3, 0.4) is 0 Å². The predicted molar refractivity (Wildman–Crippen MR) is 92.1 cm³/mol. The predicted octanol–water partition coefficient (Wildman–Crippen LogP) is 0.649. The molecule has 1 heterocycles. The van der Waals surface area contributed by atoms with Gasteiger partial charge in [0, 0.05) is 44.4 Å². The SMILES string of the molecule is CS(=O)(=O)CCN1CCN(S(=O)(=O)/C=C/c2ccccc2)CC1. The molecular formula is C15H22N2O4S2. The van der Waals surface area contributed by atoms with Gasteiger partial charge in [-0.2, -0.15) is 4.31 Å². The minimum Gasteiger partial charge on any atom is -0.300 e. The van der Waals surface area contributed by atoms with Gasteiger partial charge in [-0.15, -0.1) is 0 Å². The molecule has 0 aliphatic carbocycles. The molecule has 0 spiro atoms. The molecule has 0 saturated carbocycles. The minimum atomic E-state index is -3.44.